The summed E-state index contributed by atoms with van der Waals surface area (Å²) >= 11 is 1.36. The summed E-state index contributed by atoms with van der Waals surface area (Å²) in [5.74, 6) is 0.780. The van der Waals surface area contributed by atoms with E-state index in [0.29, 0.717) is 11.7 Å². The van der Waals surface area contributed by atoms with Crippen LogP contribution in [0.2, 0.25) is 0 Å². The molecule has 8 heteroatoms. The summed E-state index contributed by atoms with van der Waals surface area (Å²) in [6.07, 6.45) is 0. The van der Waals surface area contributed by atoms with Crippen molar-refractivity contribution in [1.82, 2.24) is 21.0 Å². The number of anilines is 1. The van der Waals surface area contributed by atoms with Crippen molar-refractivity contribution in [2.24, 2.45) is 5.92 Å². The first kappa shape index (κ1) is 13.6. The summed E-state index contributed by atoms with van der Waals surface area (Å²) in [5.41, 5.74) is 7.37. The molecule has 3 unspecified atom stereocenters. The van der Waals surface area contributed by atoms with Crippen molar-refractivity contribution in [3.05, 3.63) is 34.8 Å². The molecule has 7 nitrogen and oxygen atoms in total. The van der Waals surface area contributed by atoms with E-state index in [-0.39, 0.29) is 23.9 Å². The molecule has 2 aromatic rings. The number of amides is 1. The van der Waals surface area contributed by atoms with Crippen LogP contribution in [0.25, 0.3) is 0 Å². The van der Waals surface area contributed by atoms with Gasteiger partial charge in [0.2, 0.25) is 11.0 Å². The number of hydrogen-bond donors (Lipinski definition) is 3. The highest BCUT2D eigenvalue weighted by Crippen LogP contribution is 2.39. The molecule has 0 bridgehead atoms. The second kappa shape index (κ2) is 5.31. The Kier molecular flexibility index (Phi) is 3.29. The fourth-order valence-electron chi connectivity index (χ4n) is 2.93. The smallest absolute Gasteiger partial charge is 0.245 e. The lowest BCUT2D eigenvalue weighted by molar-refractivity contribution is -0.119. The fraction of sp³-hybridized carbons (Fsp3) is 0.357. The van der Waals surface area contributed by atoms with Gasteiger partial charge >= 0.3 is 0 Å². The summed E-state index contributed by atoms with van der Waals surface area (Å²) < 4.78 is 5.79. The van der Waals surface area contributed by atoms with Crippen LogP contribution in [0.4, 0.5) is 5.13 Å². The highest BCUT2D eigenvalue weighted by Gasteiger charge is 2.44. The minimum absolute atomic E-state index is 0.0314. The van der Waals surface area contributed by atoms with Crippen molar-refractivity contribution in [3.8, 4) is 5.75 Å². The van der Waals surface area contributed by atoms with Crippen molar-refractivity contribution in [3.63, 3.8) is 0 Å². The van der Waals surface area contributed by atoms with E-state index in [0.717, 1.165) is 16.3 Å². The van der Waals surface area contributed by atoms with E-state index in [1.807, 2.05) is 31.2 Å². The molecule has 4 rings (SSSR count). The van der Waals surface area contributed by atoms with Crippen LogP contribution in [0.5, 0.6) is 5.75 Å². The van der Waals surface area contributed by atoms with Gasteiger partial charge in [0, 0.05) is 11.5 Å². The van der Waals surface area contributed by atoms with Gasteiger partial charge in [-0.05, 0) is 13.0 Å². The lowest BCUT2D eigenvalue weighted by Crippen LogP contribution is -2.43. The van der Waals surface area contributed by atoms with E-state index in [2.05, 4.69) is 26.4 Å². The number of hydrazine groups is 1. The molecule has 1 saturated heterocycles. The number of aromatic nitrogens is 2. The molecule has 1 fully saturated rings. The maximum absolute atomic E-state index is 12.5. The Balaban J connectivity index is 1.52. The molecule has 1 aromatic carbocycles. The van der Waals surface area contributed by atoms with Crippen molar-refractivity contribution in [2.75, 3.05) is 11.9 Å². The molecule has 3 atom stereocenters. The molecule has 2 aliphatic heterocycles. The second-order valence-electron chi connectivity index (χ2n) is 5.37. The van der Waals surface area contributed by atoms with Gasteiger partial charge in [0.15, 0.2) is 0 Å². The summed E-state index contributed by atoms with van der Waals surface area (Å²) in [4.78, 5) is 12.5. The lowest BCUT2D eigenvalue weighted by Gasteiger charge is -2.29. The molecule has 22 heavy (non-hydrogen) atoms. The maximum Gasteiger partial charge on any atom is 0.245 e. The zero-order chi connectivity index (χ0) is 15.1. The number of benzene rings is 1. The van der Waals surface area contributed by atoms with Crippen LogP contribution in [0.15, 0.2) is 24.3 Å². The van der Waals surface area contributed by atoms with Gasteiger partial charge in [0.1, 0.15) is 16.8 Å². The van der Waals surface area contributed by atoms with Crippen LogP contribution in [-0.4, -0.2) is 28.8 Å². The Morgan fingerprint density at radius 2 is 2.23 bits per heavy atom. The van der Waals surface area contributed by atoms with E-state index in [1.54, 1.807) is 0 Å². The summed E-state index contributed by atoms with van der Waals surface area (Å²) in [6.45, 7) is 2.35. The van der Waals surface area contributed by atoms with Gasteiger partial charge in [-0.2, -0.15) is 0 Å². The number of para-hydroxylation sites is 1. The number of fused-ring (bicyclic) bond motifs is 3. The Bertz CT molecular complexity index is 719. The number of ether oxygens (including phenoxy) is 1. The van der Waals surface area contributed by atoms with Crippen molar-refractivity contribution >= 4 is 22.4 Å². The summed E-state index contributed by atoms with van der Waals surface area (Å²) in [6, 6.07) is 7.59. The van der Waals surface area contributed by atoms with Gasteiger partial charge in [-0.25, -0.2) is 10.9 Å². The van der Waals surface area contributed by atoms with Crippen molar-refractivity contribution < 1.29 is 9.53 Å². The Hall–Kier alpha value is -2.03. The molecule has 2 aliphatic rings. The van der Waals surface area contributed by atoms with Crippen molar-refractivity contribution in [1.29, 1.82) is 0 Å². The number of nitrogens with zero attached hydrogens (tertiary/aromatic N) is 2. The fourth-order valence-corrected chi connectivity index (χ4v) is 3.53. The highest BCUT2D eigenvalue weighted by atomic mass is 32.1. The molecule has 3 N–H and O–H groups in total. The zero-order valence-corrected chi connectivity index (χ0v) is 12.7. The van der Waals surface area contributed by atoms with E-state index in [9.17, 15) is 4.79 Å². The van der Waals surface area contributed by atoms with E-state index in [4.69, 9.17) is 4.74 Å². The SMILES string of the molecule is Cc1nnc(NC(=O)C2NNC3c4ccccc4OCC23)s1. The average Bonchev–Trinajstić information content (AvgIpc) is 3.13. The Morgan fingerprint density at radius 1 is 1.36 bits per heavy atom. The number of rotatable bonds is 2. The van der Waals surface area contributed by atoms with E-state index >= 15 is 0 Å². The van der Waals surface area contributed by atoms with Gasteiger partial charge in [-0.3, -0.25) is 10.1 Å². The topological polar surface area (TPSA) is 88.2 Å². The monoisotopic (exact) mass is 317 g/mol. The van der Waals surface area contributed by atoms with Gasteiger partial charge in [-0.15, -0.1) is 10.2 Å². The molecule has 0 spiro atoms. The third-order valence-corrected chi connectivity index (χ3v) is 4.73. The lowest BCUT2D eigenvalue weighted by atomic mass is 9.87. The molecule has 114 valence electrons. The van der Waals surface area contributed by atoms with Crippen LogP contribution >= 0.6 is 11.3 Å². The quantitative estimate of drug-likeness (QED) is 0.766. The average molecular weight is 317 g/mol. The summed E-state index contributed by atoms with van der Waals surface area (Å²) in [7, 11) is 0. The van der Waals surface area contributed by atoms with E-state index < -0.39 is 0 Å². The molecule has 1 aromatic heterocycles. The minimum Gasteiger partial charge on any atom is -0.493 e. The first-order valence-corrected chi connectivity index (χ1v) is 7.88. The predicted octanol–water partition coefficient (Wildman–Crippen LogP) is 1.01. The first-order chi connectivity index (χ1) is 10.7. The molecule has 1 amide bonds. The number of hydrogen-bond acceptors (Lipinski definition) is 7. The van der Waals surface area contributed by atoms with Crippen LogP contribution in [0, 0.1) is 12.8 Å². The van der Waals surface area contributed by atoms with Gasteiger partial charge in [0.25, 0.3) is 0 Å². The second-order valence-corrected chi connectivity index (χ2v) is 6.55. The largest absolute Gasteiger partial charge is 0.493 e. The zero-order valence-electron chi connectivity index (χ0n) is 11.9. The molecular formula is C14H15N5O2S. The number of carbonyl (C=O) groups excluding carboxylic acids is 1. The van der Waals surface area contributed by atoms with Crippen LogP contribution in [0.1, 0.15) is 16.6 Å². The third-order valence-electron chi connectivity index (χ3n) is 3.97. The highest BCUT2D eigenvalue weighted by molar-refractivity contribution is 7.15. The standard InChI is InChI=1S/C14H15N5O2S/c1-7-16-19-14(22-7)15-13(20)12-9-6-21-10-5-3-2-4-8(10)11(9)17-18-12/h2-5,9,11-12,17-18H,6H2,1H3,(H,15,19,20). The molecule has 3 heterocycles. The Labute approximate surface area is 131 Å². The maximum atomic E-state index is 12.5. The molecule has 0 radical (unpaired) electrons. The first-order valence-electron chi connectivity index (χ1n) is 7.06. The number of aryl methyl sites for hydroxylation is 1. The van der Waals surface area contributed by atoms with Crippen LogP contribution < -0.4 is 20.9 Å². The molecule has 0 saturated carbocycles. The van der Waals surface area contributed by atoms with Gasteiger partial charge in [0.05, 0.1) is 12.6 Å². The van der Waals surface area contributed by atoms with Crippen molar-refractivity contribution in [2.45, 2.75) is 19.0 Å². The van der Waals surface area contributed by atoms with Crippen LogP contribution in [-0.2, 0) is 4.79 Å². The van der Waals surface area contributed by atoms with Gasteiger partial charge < -0.3 is 4.74 Å². The number of carbonyl (C=O) groups is 1. The van der Waals surface area contributed by atoms with E-state index in [1.165, 1.54) is 11.3 Å². The minimum atomic E-state index is -0.373. The molecule has 0 aliphatic carbocycles. The third kappa shape index (κ3) is 2.25. The summed E-state index contributed by atoms with van der Waals surface area (Å²) in [5, 5.41) is 12.0. The van der Waals surface area contributed by atoms with Gasteiger partial charge in [-0.1, -0.05) is 29.5 Å². The van der Waals surface area contributed by atoms with Crippen LogP contribution in [0.3, 0.4) is 0 Å². The predicted molar refractivity (Wildman–Crippen MR) is 81.5 cm³/mol. The number of nitrogens with one attached hydrogen (secondary N) is 3. The Morgan fingerprint density at radius 3 is 3.05 bits per heavy atom. The normalized spacial score (nSPS) is 26.0. The molecular weight excluding hydrogens is 302 g/mol.